The fraction of sp³-hybridized carbons (Fsp3) is 0.294. The van der Waals surface area contributed by atoms with Crippen LogP contribution in [0, 0.1) is 5.92 Å². The van der Waals surface area contributed by atoms with Crippen molar-refractivity contribution in [2.75, 3.05) is 0 Å². The number of nitrogens with one attached hydrogen (secondary N) is 1. The van der Waals surface area contributed by atoms with Gasteiger partial charge in [-0.2, -0.15) is 5.10 Å². The fourth-order valence-electron chi connectivity index (χ4n) is 3.21. The predicted molar refractivity (Wildman–Crippen MR) is 86.9 cm³/mol. The summed E-state index contributed by atoms with van der Waals surface area (Å²) in [7, 11) is 0. The lowest BCUT2D eigenvalue weighted by atomic mass is 9.83. The molecule has 4 aromatic rings. The van der Waals surface area contributed by atoms with Crippen molar-refractivity contribution in [3.63, 3.8) is 0 Å². The van der Waals surface area contributed by atoms with Crippen LogP contribution < -0.4 is 0 Å². The van der Waals surface area contributed by atoms with Crippen molar-refractivity contribution in [1.82, 2.24) is 29.5 Å². The largest absolute Gasteiger partial charge is 0.345 e. The van der Waals surface area contributed by atoms with Crippen LogP contribution in [0.3, 0.4) is 0 Å². The van der Waals surface area contributed by atoms with Crippen molar-refractivity contribution in [3.05, 3.63) is 42.9 Å². The van der Waals surface area contributed by atoms with E-state index in [9.17, 15) is 0 Å². The van der Waals surface area contributed by atoms with Crippen molar-refractivity contribution in [2.24, 2.45) is 5.92 Å². The summed E-state index contributed by atoms with van der Waals surface area (Å²) in [5.41, 5.74) is 3.91. The highest BCUT2D eigenvalue weighted by Crippen LogP contribution is 2.30. The second-order valence-corrected chi connectivity index (χ2v) is 6.23. The number of fused-ring (bicyclic) bond motifs is 2. The molecule has 23 heavy (non-hydrogen) atoms. The van der Waals surface area contributed by atoms with Gasteiger partial charge in [-0.3, -0.25) is 0 Å². The number of aromatic nitrogens is 6. The van der Waals surface area contributed by atoms with Gasteiger partial charge in [0.2, 0.25) is 0 Å². The summed E-state index contributed by atoms with van der Waals surface area (Å²) < 4.78 is 1.78. The van der Waals surface area contributed by atoms with Gasteiger partial charge >= 0.3 is 0 Å². The minimum Gasteiger partial charge on any atom is -0.345 e. The molecule has 5 rings (SSSR count). The van der Waals surface area contributed by atoms with E-state index >= 15 is 0 Å². The molecule has 6 heteroatoms. The average Bonchev–Trinajstić information content (AvgIpc) is 3.16. The molecule has 4 heterocycles. The zero-order chi connectivity index (χ0) is 15.2. The van der Waals surface area contributed by atoms with Crippen LogP contribution in [0.15, 0.2) is 37.1 Å². The summed E-state index contributed by atoms with van der Waals surface area (Å²) in [5, 5.41) is 5.24. The Labute approximate surface area is 132 Å². The zero-order valence-electron chi connectivity index (χ0n) is 12.6. The van der Waals surface area contributed by atoms with Gasteiger partial charge in [0.1, 0.15) is 17.8 Å². The third-order valence-electron chi connectivity index (χ3n) is 4.76. The van der Waals surface area contributed by atoms with Crippen LogP contribution in [0.4, 0.5) is 0 Å². The van der Waals surface area contributed by atoms with E-state index in [4.69, 9.17) is 4.98 Å². The van der Waals surface area contributed by atoms with Crippen LogP contribution in [-0.2, 0) is 6.42 Å². The second-order valence-electron chi connectivity index (χ2n) is 6.23. The van der Waals surface area contributed by atoms with Crippen molar-refractivity contribution in [3.8, 4) is 11.1 Å². The maximum absolute atomic E-state index is 4.69. The quantitative estimate of drug-likeness (QED) is 0.631. The Hall–Kier alpha value is -2.76. The van der Waals surface area contributed by atoms with Gasteiger partial charge in [-0.25, -0.2) is 19.5 Å². The molecule has 1 aliphatic carbocycles. The highest BCUT2D eigenvalue weighted by molar-refractivity contribution is 5.92. The first-order valence-corrected chi connectivity index (χ1v) is 7.99. The standard InChI is InChI=1S/C17H16N6/c1-2-11(3-1)6-15-18-8-14-13(7-19-17(14)22-15)12-4-5-16-20-10-21-23(16)9-12/h4-5,7-11H,1-3,6H2,(H,18,19,22). The summed E-state index contributed by atoms with van der Waals surface area (Å²) in [6.45, 7) is 0. The third kappa shape index (κ3) is 2.10. The van der Waals surface area contributed by atoms with Gasteiger partial charge in [0.15, 0.2) is 5.65 Å². The molecule has 0 aliphatic heterocycles. The summed E-state index contributed by atoms with van der Waals surface area (Å²) in [4.78, 5) is 16.7. The molecule has 0 amide bonds. The maximum atomic E-state index is 4.69. The first-order chi connectivity index (χ1) is 11.4. The SMILES string of the molecule is c1nc2ccc(-c3c[nH]c4nc(CC5CCC5)ncc34)cn2n1. The van der Waals surface area contributed by atoms with Gasteiger partial charge in [-0.05, 0) is 18.1 Å². The number of H-pyrrole nitrogens is 1. The first-order valence-electron chi connectivity index (χ1n) is 7.99. The van der Waals surface area contributed by atoms with Crippen LogP contribution in [0.5, 0.6) is 0 Å². The van der Waals surface area contributed by atoms with Crippen LogP contribution in [0.1, 0.15) is 25.1 Å². The van der Waals surface area contributed by atoms with Crippen molar-refractivity contribution in [2.45, 2.75) is 25.7 Å². The number of rotatable bonds is 3. The van der Waals surface area contributed by atoms with Gasteiger partial charge in [0, 0.05) is 41.5 Å². The molecule has 6 nitrogen and oxygen atoms in total. The number of hydrogen-bond donors (Lipinski definition) is 1. The minimum atomic E-state index is 0.775. The van der Waals surface area contributed by atoms with Crippen molar-refractivity contribution >= 4 is 16.7 Å². The number of nitrogens with zero attached hydrogens (tertiary/aromatic N) is 5. The summed E-state index contributed by atoms with van der Waals surface area (Å²) in [6.07, 6.45) is 12.4. The Morgan fingerprint density at radius 1 is 1.22 bits per heavy atom. The molecular formula is C17H16N6. The van der Waals surface area contributed by atoms with Crippen LogP contribution in [0.25, 0.3) is 27.8 Å². The van der Waals surface area contributed by atoms with Crippen LogP contribution in [-0.4, -0.2) is 29.5 Å². The Bertz CT molecular complexity index is 995. The Morgan fingerprint density at radius 3 is 3.04 bits per heavy atom. The number of aromatic amines is 1. The summed E-state index contributed by atoms with van der Waals surface area (Å²) in [6, 6.07) is 4.02. The molecule has 0 unspecified atom stereocenters. The van der Waals surface area contributed by atoms with E-state index in [1.807, 2.05) is 24.7 Å². The lowest BCUT2D eigenvalue weighted by Crippen LogP contribution is -2.15. The third-order valence-corrected chi connectivity index (χ3v) is 4.76. The van der Waals surface area contributed by atoms with E-state index in [0.29, 0.717) is 0 Å². The van der Waals surface area contributed by atoms with E-state index in [0.717, 1.165) is 46.0 Å². The zero-order valence-corrected chi connectivity index (χ0v) is 12.6. The Balaban J connectivity index is 1.55. The number of pyridine rings is 1. The molecular weight excluding hydrogens is 288 g/mol. The molecule has 1 N–H and O–H groups in total. The second kappa shape index (κ2) is 4.87. The summed E-state index contributed by atoms with van der Waals surface area (Å²) >= 11 is 0. The predicted octanol–water partition coefficient (Wildman–Crippen LogP) is 3.01. The first kappa shape index (κ1) is 12.8. The molecule has 114 valence electrons. The molecule has 1 saturated carbocycles. The van der Waals surface area contributed by atoms with Crippen LogP contribution >= 0.6 is 0 Å². The van der Waals surface area contributed by atoms with E-state index in [1.54, 1.807) is 10.8 Å². The lowest BCUT2D eigenvalue weighted by molar-refractivity contribution is 0.309. The van der Waals surface area contributed by atoms with Gasteiger partial charge in [0.05, 0.1) is 0 Å². The van der Waals surface area contributed by atoms with Crippen molar-refractivity contribution < 1.29 is 0 Å². The highest BCUT2D eigenvalue weighted by atomic mass is 15.3. The smallest absolute Gasteiger partial charge is 0.155 e. The fourth-order valence-corrected chi connectivity index (χ4v) is 3.21. The molecule has 0 spiro atoms. The van der Waals surface area contributed by atoms with E-state index in [-0.39, 0.29) is 0 Å². The minimum absolute atomic E-state index is 0.775. The average molecular weight is 304 g/mol. The molecule has 1 aliphatic rings. The monoisotopic (exact) mass is 304 g/mol. The molecule has 4 aromatic heterocycles. The van der Waals surface area contributed by atoms with Gasteiger partial charge in [-0.1, -0.05) is 19.3 Å². The molecule has 0 atom stereocenters. The molecule has 0 saturated heterocycles. The highest BCUT2D eigenvalue weighted by Gasteiger charge is 2.19. The maximum Gasteiger partial charge on any atom is 0.155 e. The molecule has 0 radical (unpaired) electrons. The number of hydrogen-bond acceptors (Lipinski definition) is 4. The lowest BCUT2D eigenvalue weighted by Gasteiger charge is -2.24. The summed E-state index contributed by atoms with van der Waals surface area (Å²) in [5.74, 6) is 1.72. The molecule has 1 fully saturated rings. The van der Waals surface area contributed by atoms with Crippen LogP contribution in [0.2, 0.25) is 0 Å². The molecule has 0 bridgehead atoms. The topological polar surface area (TPSA) is 71.8 Å². The van der Waals surface area contributed by atoms with E-state index in [2.05, 4.69) is 26.1 Å². The van der Waals surface area contributed by atoms with E-state index < -0.39 is 0 Å². The Morgan fingerprint density at radius 2 is 2.17 bits per heavy atom. The molecule has 0 aromatic carbocycles. The van der Waals surface area contributed by atoms with Gasteiger partial charge < -0.3 is 4.98 Å². The van der Waals surface area contributed by atoms with Crippen molar-refractivity contribution in [1.29, 1.82) is 0 Å². The van der Waals surface area contributed by atoms with Gasteiger partial charge in [-0.15, -0.1) is 0 Å². The Kier molecular flexibility index (Phi) is 2.70. The van der Waals surface area contributed by atoms with E-state index in [1.165, 1.54) is 19.3 Å². The van der Waals surface area contributed by atoms with Gasteiger partial charge in [0.25, 0.3) is 0 Å². The normalized spacial score (nSPS) is 15.3.